The average Bonchev–Trinajstić information content (AvgIpc) is 2.85. The minimum Gasteiger partial charge on any atom is -0.461 e. The first-order valence-corrected chi connectivity index (χ1v) is 8.36. The van der Waals surface area contributed by atoms with Crippen LogP contribution in [0.2, 0.25) is 0 Å². The molecule has 2 aromatic carbocycles. The molecule has 0 saturated carbocycles. The van der Waals surface area contributed by atoms with Crippen LogP contribution >= 0.6 is 22.6 Å². The van der Waals surface area contributed by atoms with Crippen molar-refractivity contribution in [3.63, 3.8) is 0 Å². The molecule has 0 saturated heterocycles. The number of esters is 1. The predicted molar refractivity (Wildman–Crippen MR) is 96.1 cm³/mol. The molecular formula is C18H15FINO2. The zero-order valence-electron chi connectivity index (χ0n) is 12.6. The second-order valence-corrected chi connectivity index (χ2v) is 6.41. The van der Waals surface area contributed by atoms with Crippen molar-refractivity contribution >= 4 is 39.5 Å². The van der Waals surface area contributed by atoms with Gasteiger partial charge < -0.3 is 9.30 Å². The van der Waals surface area contributed by atoms with Gasteiger partial charge in [-0.15, -0.1) is 0 Å². The van der Waals surface area contributed by atoms with Gasteiger partial charge in [0, 0.05) is 21.0 Å². The van der Waals surface area contributed by atoms with E-state index in [4.69, 9.17) is 4.74 Å². The molecular weight excluding hydrogens is 408 g/mol. The van der Waals surface area contributed by atoms with Gasteiger partial charge in [0.05, 0.1) is 6.61 Å². The van der Waals surface area contributed by atoms with Crippen molar-refractivity contribution in [2.75, 3.05) is 6.61 Å². The lowest BCUT2D eigenvalue weighted by Crippen LogP contribution is -2.13. The minimum absolute atomic E-state index is 0.286. The lowest BCUT2D eigenvalue weighted by Gasteiger charge is -2.10. The van der Waals surface area contributed by atoms with Crippen LogP contribution in [-0.2, 0) is 11.3 Å². The van der Waals surface area contributed by atoms with Crippen LogP contribution < -0.4 is 0 Å². The molecule has 0 aliphatic carbocycles. The number of aromatic nitrogens is 1. The maximum Gasteiger partial charge on any atom is 0.354 e. The number of carbonyl (C=O) groups excluding carboxylic acids is 1. The van der Waals surface area contributed by atoms with E-state index >= 15 is 0 Å². The van der Waals surface area contributed by atoms with Gasteiger partial charge in [0.15, 0.2) is 0 Å². The summed E-state index contributed by atoms with van der Waals surface area (Å²) in [5.74, 6) is -0.652. The summed E-state index contributed by atoms with van der Waals surface area (Å²) < 4.78 is 21.6. The van der Waals surface area contributed by atoms with Crippen LogP contribution in [0.3, 0.4) is 0 Å². The van der Waals surface area contributed by atoms with Crippen molar-refractivity contribution in [2.45, 2.75) is 13.5 Å². The number of rotatable bonds is 4. The maximum absolute atomic E-state index is 13.4. The largest absolute Gasteiger partial charge is 0.461 e. The summed E-state index contributed by atoms with van der Waals surface area (Å²) in [5, 5.41) is 0.969. The Morgan fingerprint density at radius 3 is 2.78 bits per heavy atom. The maximum atomic E-state index is 13.4. The number of ether oxygens (including phenoxy) is 1. The Balaban J connectivity index is 2.11. The molecule has 1 aromatic heterocycles. The first-order valence-electron chi connectivity index (χ1n) is 7.29. The third kappa shape index (κ3) is 3.39. The number of hydrogen-bond acceptors (Lipinski definition) is 2. The molecule has 0 atom stereocenters. The van der Waals surface area contributed by atoms with Crippen LogP contribution in [0.5, 0.6) is 0 Å². The molecule has 0 bridgehead atoms. The van der Waals surface area contributed by atoms with E-state index in [-0.39, 0.29) is 11.8 Å². The highest BCUT2D eigenvalue weighted by Crippen LogP contribution is 2.24. The Morgan fingerprint density at radius 1 is 1.22 bits per heavy atom. The molecule has 1 heterocycles. The van der Waals surface area contributed by atoms with Crippen LogP contribution in [0.1, 0.15) is 23.0 Å². The molecule has 0 aliphatic rings. The molecule has 3 nitrogen and oxygen atoms in total. The molecule has 5 heteroatoms. The number of halogens is 2. The molecule has 0 fully saturated rings. The molecule has 0 amide bonds. The fraction of sp³-hybridized carbons (Fsp3) is 0.167. The fourth-order valence-electron chi connectivity index (χ4n) is 2.60. The van der Waals surface area contributed by atoms with E-state index in [0.29, 0.717) is 18.8 Å². The molecule has 0 aliphatic heterocycles. The van der Waals surface area contributed by atoms with Crippen molar-refractivity contribution in [3.8, 4) is 0 Å². The van der Waals surface area contributed by atoms with E-state index < -0.39 is 0 Å². The van der Waals surface area contributed by atoms with Gasteiger partial charge in [-0.1, -0.05) is 12.1 Å². The van der Waals surface area contributed by atoms with Gasteiger partial charge in [0.1, 0.15) is 11.5 Å². The van der Waals surface area contributed by atoms with Crippen LogP contribution in [0, 0.1) is 9.39 Å². The van der Waals surface area contributed by atoms with Gasteiger partial charge in [0.2, 0.25) is 0 Å². The Labute approximate surface area is 147 Å². The van der Waals surface area contributed by atoms with Crippen molar-refractivity contribution < 1.29 is 13.9 Å². The monoisotopic (exact) mass is 423 g/mol. The van der Waals surface area contributed by atoms with Gasteiger partial charge in [0.25, 0.3) is 0 Å². The normalized spacial score (nSPS) is 10.9. The highest BCUT2D eigenvalue weighted by atomic mass is 127. The highest BCUT2D eigenvalue weighted by Gasteiger charge is 2.17. The van der Waals surface area contributed by atoms with Crippen molar-refractivity contribution in [1.82, 2.24) is 4.57 Å². The molecule has 3 rings (SSSR count). The third-order valence-corrected chi connectivity index (χ3v) is 4.25. The van der Waals surface area contributed by atoms with E-state index in [2.05, 4.69) is 22.6 Å². The fourth-order valence-corrected chi connectivity index (χ4v) is 3.12. The molecule has 0 unspecified atom stereocenters. The summed E-state index contributed by atoms with van der Waals surface area (Å²) >= 11 is 2.24. The number of carbonyl (C=O) groups is 1. The Morgan fingerprint density at radius 2 is 2.04 bits per heavy atom. The number of nitrogens with zero attached hydrogens (tertiary/aromatic N) is 1. The van der Waals surface area contributed by atoms with E-state index in [1.54, 1.807) is 13.0 Å². The van der Waals surface area contributed by atoms with Crippen molar-refractivity contribution in [3.05, 3.63) is 69.2 Å². The third-order valence-electron chi connectivity index (χ3n) is 3.58. The second-order valence-electron chi connectivity index (χ2n) is 5.17. The summed E-state index contributed by atoms with van der Waals surface area (Å²) in [4.78, 5) is 12.3. The molecule has 3 aromatic rings. The van der Waals surface area contributed by atoms with E-state index in [1.165, 1.54) is 12.1 Å². The Kier molecular flexibility index (Phi) is 4.66. The van der Waals surface area contributed by atoms with Gasteiger partial charge in [-0.2, -0.15) is 0 Å². The predicted octanol–water partition coefficient (Wildman–Crippen LogP) is 4.61. The summed E-state index contributed by atoms with van der Waals surface area (Å²) in [6.07, 6.45) is 0. The van der Waals surface area contributed by atoms with Gasteiger partial charge in [-0.25, -0.2) is 9.18 Å². The van der Waals surface area contributed by atoms with E-state index in [9.17, 15) is 9.18 Å². The van der Waals surface area contributed by atoms with Crippen LogP contribution in [-0.4, -0.2) is 17.1 Å². The highest BCUT2D eigenvalue weighted by molar-refractivity contribution is 14.1. The van der Waals surface area contributed by atoms with Crippen molar-refractivity contribution in [1.29, 1.82) is 0 Å². The summed E-state index contributed by atoms with van der Waals surface area (Å²) in [6, 6.07) is 14.2. The molecule has 0 N–H and O–H groups in total. The number of benzene rings is 2. The first-order chi connectivity index (χ1) is 11.1. The SMILES string of the molecule is CCOC(=O)c1cc2cc(I)ccc2n1Cc1cccc(F)c1. The minimum atomic E-state index is -0.366. The number of fused-ring (bicyclic) bond motifs is 1. The zero-order chi connectivity index (χ0) is 16.4. The van der Waals surface area contributed by atoms with Crippen molar-refractivity contribution in [2.24, 2.45) is 0 Å². The zero-order valence-corrected chi connectivity index (χ0v) is 14.7. The van der Waals surface area contributed by atoms with Crippen LogP contribution in [0.4, 0.5) is 4.39 Å². The quantitative estimate of drug-likeness (QED) is 0.454. The number of hydrogen-bond donors (Lipinski definition) is 0. The van der Waals surface area contributed by atoms with E-state index in [0.717, 1.165) is 20.0 Å². The van der Waals surface area contributed by atoms with Gasteiger partial charge in [-0.05, 0) is 71.5 Å². The van der Waals surface area contributed by atoms with E-state index in [1.807, 2.05) is 34.9 Å². The van der Waals surface area contributed by atoms with Crippen LogP contribution in [0.25, 0.3) is 10.9 Å². The smallest absolute Gasteiger partial charge is 0.354 e. The lowest BCUT2D eigenvalue weighted by molar-refractivity contribution is 0.0515. The second kappa shape index (κ2) is 6.70. The first kappa shape index (κ1) is 16.0. The lowest BCUT2D eigenvalue weighted by atomic mass is 10.2. The Hall–Kier alpha value is -1.89. The van der Waals surface area contributed by atoms with Gasteiger partial charge in [-0.3, -0.25) is 0 Å². The standard InChI is InChI=1S/C18H15FINO2/c1-2-23-18(22)17-10-13-9-15(20)6-7-16(13)21(17)11-12-4-3-5-14(19)8-12/h3-10H,2,11H2,1H3. The topological polar surface area (TPSA) is 31.2 Å². The molecule has 0 radical (unpaired) electrons. The molecule has 118 valence electrons. The van der Waals surface area contributed by atoms with Gasteiger partial charge >= 0.3 is 5.97 Å². The summed E-state index contributed by atoms with van der Waals surface area (Å²) in [7, 11) is 0. The summed E-state index contributed by atoms with van der Waals surface area (Å²) in [5.41, 5.74) is 2.21. The summed E-state index contributed by atoms with van der Waals surface area (Å²) in [6.45, 7) is 2.51. The average molecular weight is 423 g/mol. The molecule has 23 heavy (non-hydrogen) atoms. The molecule has 0 spiro atoms. The Bertz CT molecular complexity index is 873. The van der Waals surface area contributed by atoms with Crippen LogP contribution in [0.15, 0.2) is 48.5 Å².